The zero-order chi connectivity index (χ0) is 15.3. The molecular formula is C14H24N2O4. The van der Waals surface area contributed by atoms with Gasteiger partial charge in [-0.05, 0) is 18.3 Å². The van der Waals surface area contributed by atoms with Crippen LogP contribution in [0.4, 0.5) is 0 Å². The number of carbonyl (C=O) groups is 3. The molecule has 6 nitrogen and oxygen atoms in total. The molecule has 0 atom stereocenters. The Hall–Kier alpha value is -1.59. The number of carboxylic acids is 1. The molecule has 2 amide bonds. The van der Waals surface area contributed by atoms with Crippen LogP contribution < -0.4 is 5.32 Å². The van der Waals surface area contributed by atoms with Crippen molar-refractivity contribution < 1.29 is 19.5 Å². The first kappa shape index (κ1) is 16.5. The van der Waals surface area contributed by atoms with Crippen LogP contribution in [0, 0.1) is 5.41 Å². The lowest BCUT2D eigenvalue weighted by molar-refractivity contribution is -0.139. The van der Waals surface area contributed by atoms with Gasteiger partial charge in [-0.15, -0.1) is 0 Å². The van der Waals surface area contributed by atoms with Crippen molar-refractivity contribution in [1.82, 2.24) is 10.2 Å². The number of aliphatic carboxylic acids is 1. The van der Waals surface area contributed by atoms with E-state index in [4.69, 9.17) is 5.11 Å². The Balaban J connectivity index is 2.37. The number of hydrogen-bond acceptors (Lipinski definition) is 3. The summed E-state index contributed by atoms with van der Waals surface area (Å²) in [6.45, 7) is 6.43. The van der Waals surface area contributed by atoms with E-state index >= 15 is 0 Å². The minimum absolute atomic E-state index is 0.0246. The summed E-state index contributed by atoms with van der Waals surface area (Å²) in [6, 6.07) is 0.0822. The molecule has 114 valence electrons. The molecule has 1 aliphatic rings. The second-order valence-corrected chi connectivity index (χ2v) is 6.26. The van der Waals surface area contributed by atoms with Crippen LogP contribution in [0.5, 0.6) is 0 Å². The van der Waals surface area contributed by atoms with Crippen LogP contribution >= 0.6 is 0 Å². The third-order valence-corrected chi connectivity index (χ3v) is 3.57. The van der Waals surface area contributed by atoms with Gasteiger partial charge in [0.25, 0.3) is 0 Å². The van der Waals surface area contributed by atoms with E-state index in [2.05, 4.69) is 5.32 Å². The highest BCUT2D eigenvalue weighted by Crippen LogP contribution is 2.25. The first-order chi connectivity index (χ1) is 9.19. The van der Waals surface area contributed by atoms with Gasteiger partial charge in [0.2, 0.25) is 11.8 Å². The van der Waals surface area contributed by atoms with E-state index in [-0.39, 0.29) is 30.7 Å². The Kier molecular flexibility index (Phi) is 5.53. The average Bonchev–Trinajstić information content (AvgIpc) is 2.26. The van der Waals surface area contributed by atoms with Gasteiger partial charge in [0.05, 0.1) is 6.42 Å². The van der Waals surface area contributed by atoms with Gasteiger partial charge < -0.3 is 15.3 Å². The lowest BCUT2D eigenvalue weighted by Crippen LogP contribution is -2.46. The number of hydrogen-bond donors (Lipinski definition) is 2. The summed E-state index contributed by atoms with van der Waals surface area (Å²) in [5.41, 5.74) is -0.546. The molecule has 1 heterocycles. The third-order valence-electron chi connectivity index (χ3n) is 3.57. The minimum Gasteiger partial charge on any atom is -0.481 e. The topological polar surface area (TPSA) is 86.7 Å². The van der Waals surface area contributed by atoms with Crippen LogP contribution in [0.3, 0.4) is 0 Å². The summed E-state index contributed by atoms with van der Waals surface area (Å²) in [6.07, 6.45) is 1.69. The fourth-order valence-corrected chi connectivity index (χ4v) is 2.52. The fourth-order valence-electron chi connectivity index (χ4n) is 2.52. The molecule has 1 fully saturated rings. The third kappa shape index (κ3) is 5.59. The van der Waals surface area contributed by atoms with Gasteiger partial charge in [0.1, 0.15) is 0 Å². The molecule has 1 aliphatic heterocycles. The largest absolute Gasteiger partial charge is 0.481 e. The maximum Gasteiger partial charge on any atom is 0.303 e. The number of nitrogens with one attached hydrogen (secondary N) is 1. The van der Waals surface area contributed by atoms with Crippen LogP contribution in [0.1, 0.15) is 46.5 Å². The zero-order valence-corrected chi connectivity index (χ0v) is 12.4. The van der Waals surface area contributed by atoms with Gasteiger partial charge in [-0.25, -0.2) is 0 Å². The van der Waals surface area contributed by atoms with Gasteiger partial charge in [-0.1, -0.05) is 13.8 Å². The highest BCUT2D eigenvalue weighted by Gasteiger charge is 2.27. The van der Waals surface area contributed by atoms with Crippen molar-refractivity contribution in [1.29, 1.82) is 0 Å². The Morgan fingerprint density at radius 3 is 2.20 bits per heavy atom. The summed E-state index contributed by atoms with van der Waals surface area (Å²) >= 11 is 0. The zero-order valence-electron chi connectivity index (χ0n) is 12.4. The molecule has 20 heavy (non-hydrogen) atoms. The molecule has 0 bridgehead atoms. The molecule has 1 rings (SSSR count). The number of amides is 2. The van der Waals surface area contributed by atoms with E-state index in [9.17, 15) is 14.4 Å². The summed E-state index contributed by atoms with van der Waals surface area (Å²) < 4.78 is 0. The van der Waals surface area contributed by atoms with Crippen molar-refractivity contribution in [2.45, 2.75) is 52.5 Å². The van der Waals surface area contributed by atoms with Crippen LogP contribution in [0.2, 0.25) is 0 Å². The van der Waals surface area contributed by atoms with Gasteiger partial charge in [-0.2, -0.15) is 0 Å². The van der Waals surface area contributed by atoms with Gasteiger partial charge >= 0.3 is 5.97 Å². The van der Waals surface area contributed by atoms with E-state index in [0.29, 0.717) is 13.1 Å². The van der Waals surface area contributed by atoms with Crippen molar-refractivity contribution in [3.8, 4) is 0 Å². The predicted molar refractivity (Wildman–Crippen MR) is 74.1 cm³/mol. The van der Waals surface area contributed by atoms with E-state index in [1.807, 2.05) is 0 Å². The highest BCUT2D eigenvalue weighted by molar-refractivity contribution is 5.78. The molecule has 6 heteroatoms. The van der Waals surface area contributed by atoms with E-state index in [1.165, 1.54) is 0 Å². The summed E-state index contributed by atoms with van der Waals surface area (Å²) in [5.74, 6) is -0.938. The number of rotatable bonds is 5. The van der Waals surface area contributed by atoms with Crippen LogP contribution in [-0.2, 0) is 14.4 Å². The van der Waals surface area contributed by atoms with E-state index < -0.39 is 11.4 Å². The number of carbonyl (C=O) groups excluding carboxylic acids is 2. The van der Waals surface area contributed by atoms with Crippen molar-refractivity contribution in [3.05, 3.63) is 0 Å². The smallest absolute Gasteiger partial charge is 0.303 e. The minimum atomic E-state index is -0.891. The SMILES string of the molecule is CC(=O)N1CCC(NC(=O)CC(C)(C)CC(=O)O)CC1. The lowest BCUT2D eigenvalue weighted by atomic mass is 9.85. The monoisotopic (exact) mass is 284 g/mol. The number of carboxylic acid groups (broad SMARTS) is 1. The quantitative estimate of drug-likeness (QED) is 0.788. The average molecular weight is 284 g/mol. The molecule has 0 aromatic carbocycles. The molecule has 0 aliphatic carbocycles. The molecule has 0 unspecified atom stereocenters. The van der Waals surface area contributed by atoms with Crippen molar-refractivity contribution in [3.63, 3.8) is 0 Å². The van der Waals surface area contributed by atoms with Crippen molar-refractivity contribution in [2.75, 3.05) is 13.1 Å². The van der Waals surface area contributed by atoms with Crippen molar-refractivity contribution in [2.24, 2.45) is 5.41 Å². The number of likely N-dealkylation sites (tertiary alicyclic amines) is 1. The fraction of sp³-hybridized carbons (Fsp3) is 0.786. The normalized spacial score (nSPS) is 16.9. The molecule has 2 N–H and O–H groups in total. The molecule has 0 spiro atoms. The second kappa shape index (κ2) is 6.72. The molecule has 0 radical (unpaired) electrons. The maximum absolute atomic E-state index is 11.9. The standard InChI is InChI=1S/C14H24N2O4/c1-10(17)16-6-4-11(5-7-16)15-12(18)8-14(2,3)9-13(19)20/h11H,4-9H2,1-3H3,(H,15,18)(H,19,20). The van der Waals surface area contributed by atoms with Crippen LogP contribution in [-0.4, -0.2) is 46.9 Å². The molecular weight excluding hydrogens is 260 g/mol. The number of nitrogens with zero attached hydrogens (tertiary/aromatic N) is 1. The summed E-state index contributed by atoms with van der Waals surface area (Å²) in [7, 11) is 0. The lowest BCUT2D eigenvalue weighted by Gasteiger charge is -2.32. The maximum atomic E-state index is 11.9. The van der Waals surface area contributed by atoms with Gasteiger partial charge in [0, 0.05) is 32.5 Å². The summed E-state index contributed by atoms with van der Waals surface area (Å²) in [4.78, 5) is 35.6. The Bertz CT molecular complexity index is 385. The van der Waals surface area contributed by atoms with E-state index in [0.717, 1.165) is 12.8 Å². The first-order valence-electron chi connectivity index (χ1n) is 6.96. The first-order valence-corrected chi connectivity index (χ1v) is 6.96. The second-order valence-electron chi connectivity index (χ2n) is 6.26. The Labute approximate surface area is 119 Å². The van der Waals surface area contributed by atoms with Gasteiger partial charge in [-0.3, -0.25) is 14.4 Å². The van der Waals surface area contributed by atoms with Crippen molar-refractivity contribution >= 4 is 17.8 Å². The highest BCUT2D eigenvalue weighted by atomic mass is 16.4. The van der Waals surface area contributed by atoms with Gasteiger partial charge in [0.15, 0.2) is 0 Å². The number of piperidine rings is 1. The summed E-state index contributed by atoms with van der Waals surface area (Å²) in [5, 5.41) is 11.7. The molecule has 0 saturated carbocycles. The predicted octanol–water partition coefficient (Wildman–Crippen LogP) is 1.00. The molecule has 1 saturated heterocycles. The Morgan fingerprint density at radius 2 is 1.75 bits per heavy atom. The molecule has 0 aromatic heterocycles. The Morgan fingerprint density at radius 1 is 1.20 bits per heavy atom. The molecule has 0 aromatic rings. The van der Waals surface area contributed by atoms with Crippen LogP contribution in [0.25, 0.3) is 0 Å². The van der Waals surface area contributed by atoms with Crippen LogP contribution in [0.15, 0.2) is 0 Å². The van der Waals surface area contributed by atoms with E-state index in [1.54, 1.807) is 25.7 Å².